The smallest absolute Gasteiger partial charge is 0.325 e. The highest BCUT2D eigenvalue weighted by Crippen LogP contribution is 2.38. The average molecular weight is 666 g/mol. The molecule has 5 rings (SSSR count). The van der Waals surface area contributed by atoms with E-state index in [1.165, 1.54) is 23.9 Å². The number of alkyl halides is 3. The van der Waals surface area contributed by atoms with Crippen molar-refractivity contribution in [3.05, 3.63) is 167 Å². The Hall–Kier alpha value is -5.61. The van der Waals surface area contributed by atoms with Crippen LogP contribution < -0.4 is 16.0 Å². The number of carbonyl (C=O) groups excluding carboxylic acids is 3. The van der Waals surface area contributed by atoms with Gasteiger partial charge < -0.3 is 16.0 Å². The number of hydrogen-bond donors (Lipinski definition) is 3. The molecule has 0 aliphatic rings. The van der Waals surface area contributed by atoms with Gasteiger partial charge in [0, 0.05) is 21.8 Å². The van der Waals surface area contributed by atoms with Gasteiger partial charge in [0.15, 0.2) is 0 Å². The normalized spacial score (nSPS) is 12.1. The molecule has 0 saturated carbocycles. The van der Waals surface area contributed by atoms with Crippen molar-refractivity contribution in [1.29, 1.82) is 0 Å². The summed E-state index contributed by atoms with van der Waals surface area (Å²) in [6, 6.07) is 36.1. The highest BCUT2D eigenvalue weighted by atomic mass is 32.2. The second-order valence-electron chi connectivity index (χ2n) is 10.7. The Morgan fingerprint density at radius 3 is 2.02 bits per heavy atom. The summed E-state index contributed by atoms with van der Waals surface area (Å²) in [7, 11) is 0. The molecule has 10 heteroatoms. The molecular formula is C38H30F3N3O3S. The summed E-state index contributed by atoms with van der Waals surface area (Å²) >= 11 is 1.17. The minimum Gasteiger partial charge on any atom is -0.325 e. The van der Waals surface area contributed by atoms with E-state index < -0.39 is 34.7 Å². The maximum absolute atomic E-state index is 13.6. The van der Waals surface area contributed by atoms with Crippen molar-refractivity contribution in [1.82, 2.24) is 5.32 Å². The molecule has 0 radical (unpaired) electrons. The van der Waals surface area contributed by atoms with E-state index in [1.54, 1.807) is 91.0 Å². The Bertz CT molecular complexity index is 1950. The average Bonchev–Trinajstić information content (AvgIpc) is 3.08. The number of nitrogens with one attached hydrogen (secondary N) is 3. The van der Waals surface area contributed by atoms with Gasteiger partial charge in [-0.2, -0.15) is 13.2 Å². The van der Waals surface area contributed by atoms with Crippen molar-refractivity contribution in [2.75, 3.05) is 10.6 Å². The van der Waals surface area contributed by atoms with Gasteiger partial charge in [-0.05, 0) is 78.2 Å². The zero-order chi connectivity index (χ0) is 34.1. The summed E-state index contributed by atoms with van der Waals surface area (Å²) in [5, 5.41) is 7.35. The number of carbonyl (C=O) groups is 3. The second-order valence-corrected chi connectivity index (χ2v) is 11.9. The van der Waals surface area contributed by atoms with Crippen molar-refractivity contribution in [3.63, 3.8) is 0 Å². The van der Waals surface area contributed by atoms with E-state index in [0.717, 1.165) is 23.3 Å². The third-order valence-corrected chi connectivity index (χ3v) is 8.41. The fourth-order valence-corrected chi connectivity index (χ4v) is 5.79. The van der Waals surface area contributed by atoms with Crippen molar-refractivity contribution in [2.45, 2.75) is 23.2 Å². The van der Waals surface area contributed by atoms with E-state index in [0.29, 0.717) is 21.7 Å². The van der Waals surface area contributed by atoms with Gasteiger partial charge in [-0.3, -0.25) is 14.4 Å². The van der Waals surface area contributed by atoms with E-state index in [-0.39, 0.29) is 11.4 Å². The van der Waals surface area contributed by atoms with Crippen LogP contribution in [0.25, 0.3) is 6.08 Å². The Morgan fingerprint density at radius 1 is 0.708 bits per heavy atom. The summed E-state index contributed by atoms with van der Waals surface area (Å²) in [6.45, 7) is 1.90. The molecule has 0 aliphatic carbocycles. The molecule has 0 heterocycles. The lowest BCUT2D eigenvalue weighted by atomic mass is 10.1. The van der Waals surface area contributed by atoms with E-state index in [2.05, 4.69) is 16.0 Å². The first-order valence-corrected chi connectivity index (χ1v) is 15.7. The molecule has 1 atom stereocenters. The minimum absolute atomic E-state index is 0.0166. The van der Waals surface area contributed by atoms with Crippen LogP contribution in [0, 0.1) is 6.92 Å². The third kappa shape index (κ3) is 9.01. The molecule has 48 heavy (non-hydrogen) atoms. The Balaban J connectivity index is 1.38. The van der Waals surface area contributed by atoms with Crippen molar-refractivity contribution >= 4 is 46.9 Å². The van der Waals surface area contributed by atoms with Gasteiger partial charge in [0.25, 0.3) is 11.8 Å². The molecule has 0 saturated heterocycles. The summed E-state index contributed by atoms with van der Waals surface area (Å²) in [5.74, 6) is -1.54. The number of thioether (sulfide) groups is 1. The molecule has 6 nitrogen and oxygen atoms in total. The van der Waals surface area contributed by atoms with Gasteiger partial charge in [-0.15, -0.1) is 11.8 Å². The van der Waals surface area contributed by atoms with E-state index in [4.69, 9.17) is 0 Å². The highest BCUT2D eigenvalue weighted by Gasteiger charge is 2.31. The fourth-order valence-electron chi connectivity index (χ4n) is 4.71. The lowest BCUT2D eigenvalue weighted by Crippen LogP contribution is -2.30. The first-order valence-electron chi connectivity index (χ1n) is 14.8. The van der Waals surface area contributed by atoms with Crippen molar-refractivity contribution < 1.29 is 27.6 Å². The highest BCUT2D eigenvalue weighted by molar-refractivity contribution is 8.00. The van der Waals surface area contributed by atoms with Crippen LogP contribution in [-0.2, 0) is 15.8 Å². The minimum atomic E-state index is -4.56. The van der Waals surface area contributed by atoms with Gasteiger partial charge in [-0.25, -0.2) is 0 Å². The Morgan fingerprint density at radius 2 is 1.33 bits per heavy atom. The molecule has 0 bridgehead atoms. The van der Waals surface area contributed by atoms with Gasteiger partial charge in [0.2, 0.25) is 5.91 Å². The quantitative estimate of drug-likeness (QED) is 0.103. The number of hydrogen-bond acceptors (Lipinski definition) is 4. The topological polar surface area (TPSA) is 87.3 Å². The number of amides is 3. The predicted octanol–water partition coefficient (Wildman–Crippen LogP) is 8.90. The largest absolute Gasteiger partial charge is 0.416 e. The molecule has 5 aromatic rings. The lowest BCUT2D eigenvalue weighted by molar-refractivity contribution is -0.137. The molecule has 3 N–H and O–H groups in total. The van der Waals surface area contributed by atoms with Crippen LogP contribution in [0.3, 0.4) is 0 Å². The van der Waals surface area contributed by atoms with Crippen LogP contribution in [-0.4, -0.2) is 17.7 Å². The SMILES string of the molecule is Cc1ccccc1/C=C(\NC(=O)c1ccccc1)C(=O)Nc1cccc(SC(C(=O)Nc2cccc(C(F)(F)F)c2)c2ccccc2)c1. The lowest BCUT2D eigenvalue weighted by Gasteiger charge is -2.18. The van der Waals surface area contributed by atoms with Gasteiger partial charge >= 0.3 is 6.18 Å². The molecule has 242 valence electrons. The number of benzene rings is 5. The van der Waals surface area contributed by atoms with Crippen molar-refractivity contribution in [3.8, 4) is 0 Å². The van der Waals surface area contributed by atoms with Crippen LogP contribution in [0.15, 0.2) is 144 Å². The Kier molecular flexibility index (Phi) is 10.8. The van der Waals surface area contributed by atoms with Crippen LogP contribution in [0.2, 0.25) is 0 Å². The molecule has 0 aromatic heterocycles. The van der Waals surface area contributed by atoms with Gasteiger partial charge in [0.05, 0.1) is 5.56 Å². The Labute approximate surface area is 280 Å². The molecule has 3 amide bonds. The zero-order valence-corrected chi connectivity index (χ0v) is 26.4. The number of anilines is 2. The van der Waals surface area contributed by atoms with Crippen molar-refractivity contribution in [2.24, 2.45) is 0 Å². The van der Waals surface area contributed by atoms with Crippen LogP contribution >= 0.6 is 11.8 Å². The van der Waals surface area contributed by atoms with E-state index in [9.17, 15) is 27.6 Å². The van der Waals surface area contributed by atoms with Crippen LogP contribution in [0.1, 0.15) is 37.9 Å². The van der Waals surface area contributed by atoms with Gasteiger partial charge in [0.1, 0.15) is 10.9 Å². The number of aryl methyl sites for hydroxylation is 1. The van der Waals surface area contributed by atoms with Crippen LogP contribution in [0.5, 0.6) is 0 Å². The zero-order valence-electron chi connectivity index (χ0n) is 25.6. The standard InChI is InChI=1S/C38H30F3N3O3S/c1-25-12-8-9-17-28(25)22-33(44-35(45)27-15-6-3-7-16-27)36(46)42-31-20-11-21-32(24-31)48-34(26-13-4-2-5-14-26)37(47)43-30-19-10-18-29(23-30)38(39,40)41/h2-24,34H,1H3,(H,42,46)(H,43,47)(H,44,45)/b33-22-. The van der Waals surface area contributed by atoms with Crippen LogP contribution in [0.4, 0.5) is 24.5 Å². The molecule has 0 fully saturated rings. The summed E-state index contributed by atoms with van der Waals surface area (Å²) in [5.41, 5.74) is 2.25. The first kappa shape index (κ1) is 33.7. The maximum atomic E-state index is 13.6. The molecule has 0 aliphatic heterocycles. The summed E-state index contributed by atoms with van der Waals surface area (Å²) in [6.07, 6.45) is -2.95. The fraction of sp³-hybridized carbons (Fsp3) is 0.0789. The second kappa shape index (κ2) is 15.3. The molecule has 5 aromatic carbocycles. The number of rotatable bonds is 10. The molecular weight excluding hydrogens is 635 g/mol. The summed E-state index contributed by atoms with van der Waals surface area (Å²) < 4.78 is 39.9. The number of halogens is 3. The maximum Gasteiger partial charge on any atom is 0.416 e. The summed E-state index contributed by atoms with van der Waals surface area (Å²) in [4.78, 5) is 40.8. The predicted molar refractivity (Wildman–Crippen MR) is 183 cm³/mol. The monoisotopic (exact) mass is 665 g/mol. The first-order chi connectivity index (χ1) is 23.1. The molecule has 1 unspecified atom stereocenters. The molecule has 0 spiro atoms. The van der Waals surface area contributed by atoms with E-state index in [1.807, 2.05) is 31.2 Å². The van der Waals surface area contributed by atoms with Gasteiger partial charge in [-0.1, -0.05) is 84.9 Å². The third-order valence-electron chi connectivity index (χ3n) is 7.16. The van der Waals surface area contributed by atoms with E-state index >= 15 is 0 Å².